The Morgan fingerprint density at radius 2 is 1.48 bits per heavy atom. The minimum atomic E-state index is 0.829. The van der Waals surface area contributed by atoms with Crippen molar-refractivity contribution < 1.29 is 0 Å². The van der Waals surface area contributed by atoms with Crippen LogP contribution in [0.2, 0.25) is 0 Å². The lowest BCUT2D eigenvalue weighted by atomic mass is 9.71. The van der Waals surface area contributed by atoms with Crippen molar-refractivity contribution in [2.75, 3.05) is 0 Å². The zero-order chi connectivity index (χ0) is 17.1. The van der Waals surface area contributed by atoms with Gasteiger partial charge in [-0.3, -0.25) is 0 Å². The largest absolute Gasteiger partial charge is 0.0683 e. The minimum Gasteiger partial charge on any atom is -0.0683 e. The number of hydrogen-bond acceptors (Lipinski definition) is 0. The monoisotopic (exact) mass is 316 g/mol. The summed E-state index contributed by atoms with van der Waals surface area (Å²) in [6.07, 6.45) is 12.9. The average molecular weight is 317 g/mol. The molecule has 0 N–H and O–H groups in total. The molecule has 0 aliphatic heterocycles. The first-order chi connectivity index (χ1) is 11.2. The first-order valence-electron chi connectivity index (χ1n) is 10.3. The van der Waals surface area contributed by atoms with Crippen LogP contribution in [0.4, 0.5) is 0 Å². The standard InChI is InChI=1S/C21H34.C2H6/c1-4-6-8-18(7-5-2)20-13-15-21(16-14-20)19-11-9-17(3)10-12-19;1-2/h9-12,18,20-21H,4-8,13-16H2,1-3H3;1-2H3. The molecule has 1 aromatic rings. The van der Waals surface area contributed by atoms with E-state index in [2.05, 4.69) is 45.0 Å². The van der Waals surface area contributed by atoms with E-state index in [0.29, 0.717) is 0 Å². The Morgan fingerprint density at radius 1 is 0.870 bits per heavy atom. The van der Waals surface area contributed by atoms with Gasteiger partial charge in [-0.25, -0.2) is 0 Å². The Hall–Kier alpha value is -0.780. The van der Waals surface area contributed by atoms with Gasteiger partial charge in [0.1, 0.15) is 0 Å². The highest BCUT2D eigenvalue weighted by atomic mass is 14.3. The van der Waals surface area contributed by atoms with E-state index in [-0.39, 0.29) is 0 Å². The number of aryl methyl sites for hydroxylation is 1. The summed E-state index contributed by atoms with van der Waals surface area (Å²) < 4.78 is 0. The van der Waals surface area contributed by atoms with Crippen LogP contribution in [0.1, 0.15) is 103 Å². The molecule has 0 amide bonds. The van der Waals surface area contributed by atoms with Crippen molar-refractivity contribution in [3.63, 3.8) is 0 Å². The first kappa shape index (κ1) is 20.3. The Kier molecular flexibility index (Phi) is 10.3. The van der Waals surface area contributed by atoms with Crippen molar-refractivity contribution in [2.24, 2.45) is 11.8 Å². The summed E-state index contributed by atoms with van der Waals surface area (Å²) in [5.41, 5.74) is 2.97. The Balaban J connectivity index is 0.00000127. The third-order valence-corrected chi connectivity index (χ3v) is 5.58. The fourth-order valence-corrected chi connectivity index (χ4v) is 4.22. The molecule has 1 saturated carbocycles. The summed E-state index contributed by atoms with van der Waals surface area (Å²) in [5, 5.41) is 0. The van der Waals surface area contributed by atoms with Crippen LogP contribution in [0, 0.1) is 18.8 Å². The molecule has 1 aliphatic carbocycles. The molecule has 0 radical (unpaired) electrons. The molecular weight excluding hydrogens is 276 g/mol. The molecule has 1 aromatic carbocycles. The summed E-state index contributed by atoms with van der Waals surface area (Å²) in [7, 11) is 0. The van der Waals surface area contributed by atoms with E-state index in [1.807, 2.05) is 13.8 Å². The van der Waals surface area contributed by atoms with Crippen molar-refractivity contribution in [3.05, 3.63) is 35.4 Å². The van der Waals surface area contributed by atoms with E-state index in [4.69, 9.17) is 0 Å². The van der Waals surface area contributed by atoms with Crippen LogP contribution >= 0.6 is 0 Å². The topological polar surface area (TPSA) is 0 Å². The molecule has 0 nitrogen and oxygen atoms in total. The van der Waals surface area contributed by atoms with Crippen LogP contribution in [-0.4, -0.2) is 0 Å². The fourth-order valence-electron chi connectivity index (χ4n) is 4.22. The lowest BCUT2D eigenvalue weighted by Gasteiger charge is -2.34. The molecule has 1 unspecified atom stereocenters. The summed E-state index contributed by atoms with van der Waals surface area (Å²) in [4.78, 5) is 0. The quantitative estimate of drug-likeness (QED) is 0.479. The molecule has 2 rings (SSSR count). The van der Waals surface area contributed by atoms with Gasteiger partial charge >= 0.3 is 0 Å². The molecule has 1 fully saturated rings. The summed E-state index contributed by atoms with van der Waals surface area (Å²) in [6.45, 7) is 10.9. The van der Waals surface area contributed by atoms with E-state index in [0.717, 1.165) is 17.8 Å². The highest BCUT2D eigenvalue weighted by Crippen LogP contribution is 2.41. The van der Waals surface area contributed by atoms with E-state index >= 15 is 0 Å². The molecule has 132 valence electrons. The highest BCUT2D eigenvalue weighted by Gasteiger charge is 2.27. The molecule has 1 aliphatic rings. The van der Waals surface area contributed by atoms with Gasteiger partial charge in [-0.15, -0.1) is 0 Å². The van der Waals surface area contributed by atoms with Crippen LogP contribution in [0.3, 0.4) is 0 Å². The lowest BCUT2D eigenvalue weighted by molar-refractivity contribution is 0.207. The van der Waals surface area contributed by atoms with E-state index in [1.165, 1.54) is 63.4 Å². The predicted octanol–water partition coefficient (Wildman–Crippen LogP) is 7.90. The van der Waals surface area contributed by atoms with Gasteiger partial charge in [-0.05, 0) is 55.9 Å². The molecular formula is C23H40. The molecule has 0 aromatic heterocycles. The van der Waals surface area contributed by atoms with Gasteiger partial charge in [0.05, 0.1) is 0 Å². The molecule has 0 bridgehead atoms. The number of rotatable bonds is 7. The van der Waals surface area contributed by atoms with Gasteiger partial charge in [0.15, 0.2) is 0 Å². The maximum Gasteiger partial charge on any atom is -0.0162 e. The molecule has 0 spiro atoms. The van der Waals surface area contributed by atoms with E-state index in [9.17, 15) is 0 Å². The van der Waals surface area contributed by atoms with Crippen LogP contribution in [0.25, 0.3) is 0 Å². The second-order valence-electron chi connectivity index (χ2n) is 7.21. The molecule has 0 heterocycles. The van der Waals surface area contributed by atoms with Gasteiger partial charge in [0.2, 0.25) is 0 Å². The first-order valence-corrected chi connectivity index (χ1v) is 10.3. The zero-order valence-electron chi connectivity index (χ0n) is 16.4. The molecule has 0 saturated heterocycles. The predicted molar refractivity (Wildman–Crippen MR) is 105 cm³/mol. The molecule has 1 atom stereocenters. The highest BCUT2D eigenvalue weighted by molar-refractivity contribution is 5.24. The number of benzene rings is 1. The van der Waals surface area contributed by atoms with Crippen molar-refractivity contribution in [1.29, 1.82) is 0 Å². The van der Waals surface area contributed by atoms with Crippen LogP contribution in [0.15, 0.2) is 24.3 Å². The smallest absolute Gasteiger partial charge is 0.0162 e. The maximum atomic E-state index is 2.36. The SMILES string of the molecule is CC.CCCCC(CCC)C1CCC(c2ccc(C)cc2)CC1. The number of unbranched alkanes of at least 4 members (excludes halogenated alkanes) is 1. The van der Waals surface area contributed by atoms with Crippen molar-refractivity contribution >= 4 is 0 Å². The molecule has 23 heavy (non-hydrogen) atoms. The second-order valence-corrected chi connectivity index (χ2v) is 7.21. The van der Waals surface area contributed by atoms with Crippen LogP contribution in [-0.2, 0) is 0 Å². The zero-order valence-corrected chi connectivity index (χ0v) is 16.4. The Bertz CT molecular complexity index is 381. The molecule has 0 heteroatoms. The fraction of sp³-hybridized carbons (Fsp3) is 0.739. The van der Waals surface area contributed by atoms with Crippen molar-refractivity contribution in [1.82, 2.24) is 0 Å². The minimum absolute atomic E-state index is 0.829. The second kappa shape index (κ2) is 11.7. The van der Waals surface area contributed by atoms with Gasteiger partial charge in [0, 0.05) is 0 Å². The third kappa shape index (κ3) is 6.69. The Morgan fingerprint density at radius 3 is 2.00 bits per heavy atom. The Labute approximate surface area is 146 Å². The average Bonchev–Trinajstić information content (AvgIpc) is 2.61. The van der Waals surface area contributed by atoms with Gasteiger partial charge in [-0.2, -0.15) is 0 Å². The third-order valence-electron chi connectivity index (χ3n) is 5.58. The maximum absolute atomic E-state index is 2.36. The normalized spacial score (nSPS) is 22.1. The van der Waals surface area contributed by atoms with Gasteiger partial charge in [0.25, 0.3) is 0 Å². The van der Waals surface area contributed by atoms with E-state index in [1.54, 1.807) is 5.56 Å². The summed E-state index contributed by atoms with van der Waals surface area (Å²) >= 11 is 0. The van der Waals surface area contributed by atoms with Crippen molar-refractivity contribution in [2.45, 2.75) is 98.3 Å². The summed E-state index contributed by atoms with van der Waals surface area (Å²) in [6, 6.07) is 9.28. The van der Waals surface area contributed by atoms with E-state index < -0.39 is 0 Å². The lowest BCUT2D eigenvalue weighted by Crippen LogP contribution is -2.21. The van der Waals surface area contributed by atoms with Gasteiger partial charge < -0.3 is 0 Å². The van der Waals surface area contributed by atoms with Gasteiger partial charge in [-0.1, -0.05) is 89.6 Å². The number of hydrogen-bond donors (Lipinski definition) is 0. The van der Waals surface area contributed by atoms with Crippen LogP contribution < -0.4 is 0 Å². The van der Waals surface area contributed by atoms with Crippen molar-refractivity contribution in [3.8, 4) is 0 Å². The summed E-state index contributed by atoms with van der Waals surface area (Å²) in [5.74, 6) is 2.85. The van der Waals surface area contributed by atoms with Crippen LogP contribution in [0.5, 0.6) is 0 Å².